The highest BCUT2D eigenvalue weighted by atomic mass is 32.2. The molecule has 0 aliphatic carbocycles. The molecule has 3 rings (SSSR count). The van der Waals surface area contributed by atoms with Gasteiger partial charge in [0, 0.05) is 25.8 Å². The summed E-state index contributed by atoms with van der Waals surface area (Å²) in [5.74, 6) is 0.107. The van der Waals surface area contributed by atoms with Crippen LogP contribution in [-0.4, -0.2) is 42.7 Å². The Balaban J connectivity index is 1.69. The first kappa shape index (κ1) is 17.1. The molecule has 7 heteroatoms. The van der Waals surface area contributed by atoms with E-state index in [0.717, 1.165) is 37.7 Å². The van der Waals surface area contributed by atoms with Gasteiger partial charge in [-0.25, -0.2) is 9.18 Å². The molecule has 0 saturated carbocycles. The van der Waals surface area contributed by atoms with E-state index in [4.69, 9.17) is 4.74 Å². The van der Waals surface area contributed by atoms with Gasteiger partial charge in [0.1, 0.15) is 11.9 Å². The molecule has 0 radical (unpaired) electrons. The highest BCUT2D eigenvalue weighted by Crippen LogP contribution is 2.29. The summed E-state index contributed by atoms with van der Waals surface area (Å²) in [4.78, 5) is 26.5. The molecule has 5 nitrogen and oxygen atoms in total. The van der Waals surface area contributed by atoms with Gasteiger partial charge in [0.15, 0.2) is 5.12 Å². The Labute approximate surface area is 145 Å². The number of amides is 1. The van der Waals surface area contributed by atoms with E-state index >= 15 is 0 Å². The molecule has 1 atom stereocenters. The van der Waals surface area contributed by atoms with Crippen LogP contribution in [-0.2, 0) is 9.53 Å². The number of hydrogen-bond donors (Lipinski definition) is 0. The van der Waals surface area contributed by atoms with Crippen molar-refractivity contribution in [1.29, 1.82) is 0 Å². The van der Waals surface area contributed by atoms with Crippen molar-refractivity contribution in [1.82, 2.24) is 0 Å². The Bertz CT molecular complexity index is 634. The number of anilines is 2. The van der Waals surface area contributed by atoms with Crippen LogP contribution in [0.5, 0.6) is 0 Å². The van der Waals surface area contributed by atoms with Crippen LogP contribution in [0.25, 0.3) is 0 Å². The summed E-state index contributed by atoms with van der Waals surface area (Å²) in [5, 5.41) is -0.0126. The van der Waals surface area contributed by atoms with Crippen LogP contribution in [0.1, 0.15) is 26.2 Å². The van der Waals surface area contributed by atoms with E-state index in [9.17, 15) is 14.0 Å². The second kappa shape index (κ2) is 7.42. The van der Waals surface area contributed by atoms with Crippen molar-refractivity contribution in [2.24, 2.45) is 0 Å². The van der Waals surface area contributed by atoms with E-state index in [2.05, 4.69) is 4.90 Å². The van der Waals surface area contributed by atoms with Crippen molar-refractivity contribution in [2.75, 3.05) is 35.2 Å². The zero-order valence-electron chi connectivity index (χ0n) is 13.7. The second-order valence-corrected chi connectivity index (χ2v) is 7.30. The standard InChI is InChI=1S/C17H21FN2O3S/c1-12(21)24-11-14-10-20(17(22)23-14)13-5-6-16(15(18)9-13)19-7-3-2-4-8-19/h5-6,9,14H,2-4,7-8,10-11H2,1H3/t14-/m1/s1. The maximum Gasteiger partial charge on any atom is 0.414 e. The van der Waals surface area contributed by atoms with Gasteiger partial charge in [0.2, 0.25) is 0 Å². The molecule has 2 aliphatic heterocycles. The van der Waals surface area contributed by atoms with E-state index in [0.29, 0.717) is 23.7 Å². The first-order valence-electron chi connectivity index (χ1n) is 8.20. The fourth-order valence-electron chi connectivity index (χ4n) is 3.08. The third-order valence-corrected chi connectivity index (χ3v) is 5.23. The lowest BCUT2D eigenvalue weighted by atomic mass is 10.1. The molecule has 2 fully saturated rings. The van der Waals surface area contributed by atoms with Crippen LogP contribution >= 0.6 is 11.8 Å². The van der Waals surface area contributed by atoms with Crippen molar-refractivity contribution >= 4 is 34.3 Å². The van der Waals surface area contributed by atoms with Crippen molar-refractivity contribution in [2.45, 2.75) is 32.3 Å². The molecule has 0 unspecified atom stereocenters. The summed E-state index contributed by atoms with van der Waals surface area (Å²) >= 11 is 1.13. The van der Waals surface area contributed by atoms with Gasteiger partial charge in [-0.15, -0.1) is 0 Å². The lowest BCUT2D eigenvalue weighted by Crippen LogP contribution is -2.30. The van der Waals surface area contributed by atoms with Gasteiger partial charge >= 0.3 is 6.09 Å². The molecule has 2 aliphatic rings. The van der Waals surface area contributed by atoms with E-state index in [1.807, 2.05) is 0 Å². The molecular formula is C17H21FN2O3S. The summed E-state index contributed by atoms with van der Waals surface area (Å²) in [6.45, 7) is 3.55. The van der Waals surface area contributed by atoms with E-state index < -0.39 is 6.09 Å². The number of rotatable bonds is 4. The van der Waals surface area contributed by atoms with Gasteiger partial charge < -0.3 is 9.64 Å². The summed E-state index contributed by atoms with van der Waals surface area (Å²) in [5.41, 5.74) is 1.09. The number of nitrogens with zero attached hydrogens (tertiary/aromatic N) is 2. The highest BCUT2D eigenvalue weighted by molar-refractivity contribution is 8.13. The lowest BCUT2D eigenvalue weighted by molar-refractivity contribution is -0.109. The summed E-state index contributed by atoms with van der Waals surface area (Å²) < 4.78 is 19.7. The van der Waals surface area contributed by atoms with Crippen molar-refractivity contribution in [3.63, 3.8) is 0 Å². The van der Waals surface area contributed by atoms with Crippen LogP contribution < -0.4 is 9.80 Å². The number of ether oxygens (including phenoxy) is 1. The topological polar surface area (TPSA) is 49.9 Å². The minimum absolute atomic E-state index is 0.0126. The Hall–Kier alpha value is -1.76. The van der Waals surface area contributed by atoms with Crippen LogP contribution in [0.4, 0.5) is 20.6 Å². The fraction of sp³-hybridized carbons (Fsp3) is 0.529. The molecule has 0 bridgehead atoms. The second-order valence-electron chi connectivity index (χ2n) is 6.10. The largest absolute Gasteiger partial charge is 0.443 e. The van der Waals surface area contributed by atoms with Crippen LogP contribution in [0, 0.1) is 5.82 Å². The zero-order valence-corrected chi connectivity index (χ0v) is 14.5. The number of cyclic esters (lactones) is 1. The number of carbonyl (C=O) groups excluding carboxylic acids is 2. The molecule has 1 aromatic carbocycles. The number of thioether (sulfide) groups is 1. The Morgan fingerprint density at radius 2 is 2.08 bits per heavy atom. The number of hydrogen-bond acceptors (Lipinski definition) is 5. The number of benzene rings is 1. The quantitative estimate of drug-likeness (QED) is 0.831. The fourth-order valence-corrected chi connectivity index (χ4v) is 3.68. The maximum absolute atomic E-state index is 14.5. The molecule has 0 spiro atoms. The number of halogens is 1. The van der Waals surface area contributed by atoms with E-state index in [1.165, 1.54) is 24.3 Å². The molecule has 2 heterocycles. The minimum atomic E-state index is -0.491. The lowest BCUT2D eigenvalue weighted by Gasteiger charge is -2.29. The molecule has 2 saturated heterocycles. The highest BCUT2D eigenvalue weighted by Gasteiger charge is 2.33. The summed E-state index contributed by atoms with van der Waals surface area (Å²) in [6.07, 6.45) is 2.50. The normalized spacial score (nSPS) is 21.1. The van der Waals surface area contributed by atoms with Gasteiger partial charge in [0.25, 0.3) is 0 Å². The molecule has 24 heavy (non-hydrogen) atoms. The van der Waals surface area contributed by atoms with Gasteiger partial charge in [0.05, 0.1) is 17.9 Å². The molecule has 130 valence electrons. The van der Waals surface area contributed by atoms with Gasteiger partial charge in [-0.3, -0.25) is 9.69 Å². The molecule has 1 amide bonds. The molecule has 0 aromatic heterocycles. The monoisotopic (exact) mass is 352 g/mol. The summed E-state index contributed by atoms with van der Waals surface area (Å²) in [6, 6.07) is 4.89. The molecule has 0 N–H and O–H groups in total. The van der Waals surface area contributed by atoms with Crippen LogP contribution in [0.2, 0.25) is 0 Å². The van der Waals surface area contributed by atoms with Crippen molar-refractivity contribution in [3.05, 3.63) is 24.0 Å². The Morgan fingerprint density at radius 3 is 2.75 bits per heavy atom. The summed E-state index contributed by atoms with van der Waals surface area (Å²) in [7, 11) is 0. The third-order valence-electron chi connectivity index (χ3n) is 4.29. The third kappa shape index (κ3) is 3.83. The number of piperidine rings is 1. The predicted molar refractivity (Wildman–Crippen MR) is 93.2 cm³/mol. The van der Waals surface area contributed by atoms with Crippen LogP contribution in [0.3, 0.4) is 0 Å². The van der Waals surface area contributed by atoms with Crippen molar-refractivity contribution in [3.8, 4) is 0 Å². The van der Waals surface area contributed by atoms with Gasteiger partial charge in [-0.05, 0) is 37.5 Å². The molecular weight excluding hydrogens is 331 g/mol. The maximum atomic E-state index is 14.5. The first-order chi connectivity index (χ1) is 11.5. The zero-order chi connectivity index (χ0) is 17.1. The Kier molecular flexibility index (Phi) is 5.28. The van der Waals surface area contributed by atoms with Gasteiger partial charge in [-0.2, -0.15) is 0 Å². The Morgan fingerprint density at radius 1 is 1.33 bits per heavy atom. The van der Waals surface area contributed by atoms with Crippen LogP contribution in [0.15, 0.2) is 18.2 Å². The predicted octanol–water partition coefficient (Wildman–Crippen LogP) is 3.42. The SMILES string of the molecule is CC(=O)SC[C@H]1CN(c2ccc(N3CCCCC3)c(F)c2)C(=O)O1. The minimum Gasteiger partial charge on any atom is -0.443 e. The van der Waals surface area contributed by atoms with E-state index in [1.54, 1.807) is 12.1 Å². The first-order valence-corrected chi connectivity index (χ1v) is 9.19. The average molecular weight is 352 g/mol. The number of carbonyl (C=O) groups is 2. The smallest absolute Gasteiger partial charge is 0.414 e. The van der Waals surface area contributed by atoms with Crippen molar-refractivity contribution < 1.29 is 18.7 Å². The molecule has 1 aromatic rings. The average Bonchev–Trinajstić information content (AvgIpc) is 2.94. The van der Waals surface area contributed by atoms with E-state index in [-0.39, 0.29) is 17.0 Å². The van der Waals surface area contributed by atoms with Gasteiger partial charge in [-0.1, -0.05) is 11.8 Å².